The molecule has 2 aromatic carbocycles. The molecule has 0 atom stereocenters. The lowest BCUT2D eigenvalue weighted by Crippen LogP contribution is -2.26. The molecule has 6 nitrogen and oxygen atoms in total. The molecule has 0 radical (unpaired) electrons. The van der Waals surface area contributed by atoms with E-state index < -0.39 is 0 Å². The Morgan fingerprint density at radius 2 is 1.68 bits per heavy atom. The molecule has 0 aliphatic carbocycles. The van der Waals surface area contributed by atoms with E-state index in [1.165, 1.54) is 0 Å². The molecule has 0 unspecified atom stereocenters. The first-order valence-electron chi connectivity index (χ1n) is 9.04. The van der Waals surface area contributed by atoms with E-state index >= 15 is 0 Å². The summed E-state index contributed by atoms with van der Waals surface area (Å²) in [6.07, 6.45) is 1.56. The van der Waals surface area contributed by atoms with Crippen molar-refractivity contribution >= 4 is 23.2 Å². The summed E-state index contributed by atoms with van der Waals surface area (Å²) in [5, 5.41) is 8.79. The van der Waals surface area contributed by atoms with Gasteiger partial charge in [-0.2, -0.15) is 0 Å². The van der Waals surface area contributed by atoms with Crippen LogP contribution in [0.25, 0.3) is 0 Å². The molecule has 3 aromatic rings. The van der Waals surface area contributed by atoms with Gasteiger partial charge in [-0.1, -0.05) is 30.3 Å². The van der Waals surface area contributed by atoms with Crippen molar-refractivity contribution in [3.05, 3.63) is 83.3 Å². The molecule has 0 aliphatic rings. The highest BCUT2D eigenvalue weighted by molar-refractivity contribution is 6.01. The van der Waals surface area contributed by atoms with Crippen molar-refractivity contribution in [1.29, 1.82) is 0 Å². The van der Waals surface area contributed by atoms with Crippen LogP contribution in [0, 0.1) is 13.8 Å². The fraction of sp³-hybridized carbons (Fsp3) is 0.182. The second-order valence-electron chi connectivity index (χ2n) is 6.48. The van der Waals surface area contributed by atoms with Crippen LogP contribution in [-0.4, -0.2) is 18.4 Å². The van der Waals surface area contributed by atoms with Crippen LogP contribution < -0.4 is 16.0 Å². The van der Waals surface area contributed by atoms with Gasteiger partial charge >= 0.3 is 0 Å². The van der Waals surface area contributed by atoms with Crippen molar-refractivity contribution in [2.45, 2.75) is 20.4 Å². The van der Waals surface area contributed by atoms with Crippen molar-refractivity contribution in [2.75, 3.05) is 17.2 Å². The number of aryl methyl sites for hydroxylation is 2. The van der Waals surface area contributed by atoms with E-state index in [-0.39, 0.29) is 18.4 Å². The van der Waals surface area contributed by atoms with Gasteiger partial charge in [0.05, 0.1) is 24.9 Å². The molecule has 28 heavy (non-hydrogen) atoms. The Morgan fingerprint density at radius 3 is 2.39 bits per heavy atom. The van der Waals surface area contributed by atoms with Crippen LogP contribution in [-0.2, 0) is 11.3 Å². The lowest BCUT2D eigenvalue weighted by Gasteiger charge is -2.14. The molecule has 144 valence electrons. The Hall–Kier alpha value is -3.54. The maximum absolute atomic E-state index is 12.5. The third-order valence-electron chi connectivity index (χ3n) is 4.36. The molecule has 0 aliphatic heterocycles. The predicted molar refractivity (Wildman–Crippen MR) is 109 cm³/mol. The van der Waals surface area contributed by atoms with Crippen LogP contribution in [0.15, 0.2) is 65.3 Å². The van der Waals surface area contributed by atoms with Crippen LogP contribution in [0.3, 0.4) is 0 Å². The molecule has 2 amide bonds. The maximum Gasteiger partial charge on any atom is 0.253 e. The number of hydrogen-bond acceptors (Lipinski definition) is 4. The lowest BCUT2D eigenvalue weighted by atomic mass is 10.1. The fourth-order valence-electron chi connectivity index (χ4n) is 2.88. The zero-order chi connectivity index (χ0) is 19.9. The molecule has 3 rings (SSSR count). The Labute approximate surface area is 164 Å². The van der Waals surface area contributed by atoms with Gasteiger partial charge in [-0.15, -0.1) is 0 Å². The zero-order valence-electron chi connectivity index (χ0n) is 15.9. The summed E-state index contributed by atoms with van der Waals surface area (Å²) in [6.45, 7) is 4.26. The van der Waals surface area contributed by atoms with Crippen molar-refractivity contribution in [1.82, 2.24) is 5.32 Å². The van der Waals surface area contributed by atoms with Crippen LogP contribution in [0.5, 0.6) is 0 Å². The first-order valence-corrected chi connectivity index (χ1v) is 9.04. The summed E-state index contributed by atoms with van der Waals surface area (Å²) in [5.41, 5.74) is 3.89. The number of para-hydroxylation sites is 2. The van der Waals surface area contributed by atoms with Gasteiger partial charge < -0.3 is 20.4 Å². The first kappa shape index (κ1) is 19.2. The lowest BCUT2D eigenvalue weighted by molar-refractivity contribution is -0.114. The highest BCUT2D eigenvalue weighted by atomic mass is 16.3. The Morgan fingerprint density at radius 1 is 0.929 bits per heavy atom. The van der Waals surface area contributed by atoms with Crippen LogP contribution in [0.4, 0.5) is 11.4 Å². The Kier molecular flexibility index (Phi) is 6.11. The summed E-state index contributed by atoms with van der Waals surface area (Å²) in [7, 11) is 0. The third-order valence-corrected chi connectivity index (χ3v) is 4.36. The van der Waals surface area contributed by atoms with E-state index in [9.17, 15) is 9.59 Å². The first-order chi connectivity index (χ1) is 13.5. The van der Waals surface area contributed by atoms with E-state index in [1.54, 1.807) is 36.6 Å². The predicted octanol–water partition coefficient (Wildman–Crippen LogP) is 3.88. The minimum atomic E-state index is -0.241. The molecular weight excluding hydrogens is 354 g/mol. The summed E-state index contributed by atoms with van der Waals surface area (Å²) in [6, 6.07) is 16.5. The Balaban J connectivity index is 1.61. The van der Waals surface area contributed by atoms with Crippen LogP contribution in [0.2, 0.25) is 0 Å². The molecule has 1 heterocycles. The molecule has 6 heteroatoms. The monoisotopic (exact) mass is 377 g/mol. The summed E-state index contributed by atoms with van der Waals surface area (Å²) >= 11 is 0. The van der Waals surface area contributed by atoms with Gasteiger partial charge in [0.2, 0.25) is 5.91 Å². The number of amides is 2. The van der Waals surface area contributed by atoms with Gasteiger partial charge in [0, 0.05) is 11.4 Å². The highest BCUT2D eigenvalue weighted by Gasteiger charge is 2.13. The van der Waals surface area contributed by atoms with Crippen molar-refractivity contribution in [2.24, 2.45) is 0 Å². The second kappa shape index (κ2) is 8.90. The quantitative estimate of drug-likeness (QED) is 0.583. The number of furan rings is 1. The minimum Gasteiger partial charge on any atom is -0.467 e. The summed E-state index contributed by atoms with van der Waals surface area (Å²) in [5.74, 6) is 0.254. The maximum atomic E-state index is 12.5. The van der Waals surface area contributed by atoms with Crippen molar-refractivity contribution < 1.29 is 14.0 Å². The minimum absolute atomic E-state index is 0.0518. The van der Waals surface area contributed by atoms with Gasteiger partial charge in [-0.3, -0.25) is 9.59 Å². The molecule has 3 N–H and O–H groups in total. The van der Waals surface area contributed by atoms with E-state index in [2.05, 4.69) is 16.0 Å². The van der Waals surface area contributed by atoms with Crippen molar-refractivity contribution in [3.63, 3.8) is 0 Å². The average Bonchev–Trinajstić information content (AvgIpc) is 3.21. The number of carbonyl (C=O) groups excluding carboxylic acids is 2. The number of carbonyl (C=O) groups is 2. The van der Waals surface area contributed by atoms with Gasteiger partial charge in [-0.05, 0) is 49.2 Å². The number of rotatable bonds is 7. The number of hydrogen-bond donors (Lipinski definition) is 3. The molecule has 0 spiro atoms. The van der Waals surface area contributed by atoms with Crippen LogP contribution in [0.1, 0.15) is 27.2 Å². The molecule has 0 saturated carbocycles. The molecule has 0 saturated heterocycles. The zero-order valence-corrected chi connectivity index (χ0v) is 15.9. The molecular formula is C22H23N3O3. The fourth-order valence-corrected chi connectivity index (χ4v) is 2.88. The topological polar surface area (TPSA) is 83.4 Å². The largest absolute Gasteiger partial charge is 0.467 e. The molecule has 1 aromatic heterocycles. The second-order valence-corrected chi connectivity index (χ2v) is 6.48. The summed E-state index contributed by atoms with van der Waals surface area (Å²) in [4.78, 5) is 24.9. The van der Waals surface area contributed by atoms with Gasteiger partial charge in [0.1, 0.15) is 5.76 Å². The summed E-state index contributed by atoms with van der Waals surface area (Å²) < 4.78 is 5.22. The standard InChI is InChI=1S/C22H23N3O3/c1-15-7-5-8-16(2)21(15)25-20(26)14-23-19-11-4-3-10-18(19)22(27)24-13-17-9-6-12-28-17/h3-12,23H,13-14H2,1-2H3,(H,24,27)(H,25,26). The molecule has 0 bridgehead atoms. The van der Waals surface area contributed by atoms with E-state index in [0.717, 1.165) is 16.8 Å². The number of anilines is 2. The number of nitrogens with one attached hydrogen (secondary N) is 3. The Bertz CT molecular complexity index is 945. The van der Waals surface area contributed by atoms with Gasteiger partial charge in [-0.25, -0.2) is 0 Å². The highest BCUT2D eigenvalue weighted by Crippen LogP contribution is 2.19. The third kappa shape index (κ3) is 4.79. The molecule has 0 fully saturated rings. The van der Waals surface area contributed by atoms with E-state index in [0.29, 0.717) is 23.6 Å². The van der Waals surface area contributed by atoms with E-state index in [4.69, 9.17) is 4.42 Å². The smallest absolute Gasteiger partial charge is 0.253 e. The SMILES string of the molecule is Cc1cccc(C)c1NC(=O)CNc1ccccc1C(=O)NCc1ccco1. The average molecular weight is 377 g/mol. The van der Waals surface area contributed by atoms with Crippen molar-refractivity contribution in [3.8, 4) is 0 Å². The van der Waals surface area contributed by atoms with Gasteiger partial charge in [0.15, 0.2) is 0 Å². The number of benzene rings is 2. The van der Waals surface area contributed by atoms with Gasteiger partial charge in [0.25, 0.3) is 5.91 Å². The van der Waals surface area contributed by atoms with E-state index in [1.807, 2.05) is 38.1 Å². The van der Waals surface area contributed by atoms with Crippen LogP contribution >= 0.6 is 0 Å². The normalized spacial score (nSPS) is 10.4.